The maximum atomic E-state index is 13.2. The van der Waals surface area contributed by atoms with Gasteiger partial charge in [0.2, 0.25) is 0 Å². The number of Topliss-reactive ketones (excluding diaryl/α,β-unsaturated/α-hetero) is 1. The highest BCUT2D eigenvalue weighted by Gasteiger charge is 2.41. The van der Waals surface area contributed by atoms with Crippen molar-refractivity contribution in [3.05, 3.63) is 53.2 Å². The first-order valence-corrected chi connectivity index (χ1v) is 13.2. The summed E-state index contributed by atoms with van der Waals surface area (Å²) >= 11 is 0. The van der Waals surface area contributed by atoms with Gasteiger partial charge in [-0.2, -0.15) is 0 Å². The van der Waals surface area contributed by atoms with Crippen molar-refractivity contribution >= 4 is 29.1 Å². The van der Waals surface area contributed by atoms with Crippen molar-refractivity contribution < 1.29 is 14.4 Å². The first-order chi connectivity index (χ1) is 17.4. The van der Waals surface area contributed by atoms with E-state index in [2.05, 4.69) is 20.5 Å². The number of benzene rings is 1. The number of ketones is 1. The second-order valence-electron chi connectivity index (χ2n) is 10.4. The second kappa shape index (κ2) is 10.3. The molecule has 2 saturated carbocycles. The Balaban J connectivity index is 1.25. The van der Waals surface area contributed by atoms with Crippen LogP contribution in [0.25, 0.3) is 0 Å². The second-order valence-corrected chi connectivity index (χ2v) is 10.4. The van der Waals surface area contributed by atoms with Crippen molar-refractivity contribution in [2.75, 3.05) is 23.3 Å². The summed E-state index contributed by atoms with van der Waals surface area (Å²) in [6.45, 7) is 3.57. The fourth-order valence-corrected chi connectivity index (χ4v) is 5.70. The Morgan fingerprint density at radius 3 is 2.58 bits per heavy atom. The molecule has 1 aromatic carbocycles. The molecule has 8 heteroatoms. The number of nitrogens with zero attached hydrogens (tertiary/aromatic N) is 2. The first kappa shape index (κ1) is 24.3. The molecule has 1 aliphatic heterocycles. The summed E-state index contributed by atoms with van der Waals surface area (Å²) in [4.78, 5) is 43.9. The molecule has 190 valence electrons. The van der Waals surface area contributed by atoms with E-state index in [1.165, 1.54) is 12.8 Å². The number of piperidine rings is 1. The molecular weight excluding hydrogens is 454 g/mol. The van der Waals surface area contributed by atoms with Crippen LogP contribution in [-0.4, -0.2) is 47.8 Å². The van der Waals surface area contributed by atoms with Gasteiger partial charge in [0.25, 0.3) is 11.8 Å². The molecule has 2 aliphatic carbocycles. The predicted molar refractivity (Wildman–Crippen MR) is 139 cm³/mol. The summed E-state index contributed by atoms with van der Waals surface area (Å²) < 4.78 is 0. The van der Waals surface area contributed by atoms with Crippen LogP contribution < -0.4 is 21.3 Å². The Morgan fingerprint density at radius 1 is 1.08 bits per heavy atom. The molecule has 4 N–H and O–H groups in total. The average molecular weight is 490 g/mol. The number of amides is 2. The zero-order valence-corrected chi connectivity index (χ0v) is 20.8. The molecule has 1 aromatic heterocycles. The zero-order chi connectivity index (χ0) is 25.2. The minimum atomic E-state index is -0.499. The van der Waals surface area contributed by atoms with Crippen LogP contribution in [0.5, 0.6) is 0 Å². The van der Waals surface area contributed by atoms with Gasteiger partial charge >= 0.3 is 0 Å². The van der Waals surface area contributed by atoms with Gasteiger partial charge in [-0.25, -0.2) is 4.98 Å². The highest BCUT2D eigenvalue weighted by atomic mass is 16.2. The average Bonchev–Trinajstić information content (AvgIpc) is 3.63. The number of carbonyl (C=O) groups is 3. The van der Waals surface area contributed by atoms with Crippen molar-refractivity contribution in [2.24, 2.45) is 17.6 Å². The number of nitrogens with two attached hydrogens (primary N) is 1. The Labute approximate surface area is 212 Å². The number of pyridine rings is 1. The Morgan fingerprint density at radius 2 is 1.89 bits per heavy atom. The maximum Gasteiger partial charge on any atom is 0.251 e. The molecule has 3 unspecified atom stereocenters. The van der Waals surface area contributed by atoms with Crippen LogP contribution >= 0.6 is 0 Å². The highest BCUT2D eigenvalue weighted by molar-refractivity contribution is 6.02. The van der Waals surface area contributed by atoms with Gasteiger partial charge in [0.05, 0.1) is 5.56 Å². The smallest absolute Gasteiger partial charge is 0.251 e. The molecular formula is C28H35N5O3. The zero-order valence-electron chi connectivity index (χ0n) is 20.8. The van der Waals surface area contributed by atoms with E-state index in [4.69, 9.17) is 5.73 Å². The third kappa shape index (κ3) is 5.22. The summed E-state index contributed by atoms with van der Waals surface area (Å²) in [6, 6.07) is 9.28. The van der Waals surface area contributed by atoms with Crippen molar-refractivity contribution in [1.82, 2.24) is 10.3 Å². The Bertz CT molecular complexity index is 1140. The van der Waals surface area contributed by atoms with Gasteiger partial charge in [-0.1, -0.05) is 6.92 Å². The summed E-state index contributed by atoms with van der Waals surface area (Å²) in [5.41, 5.74) is 7.77. The Kier molecular flexibility index (Phi) is 6.94. The highest BCUT2D eigenvalue weighted by Crippen LogP contribution is 2.39. The lowest BCUT2D eigenvalue weighted by Gasteiger charge is -2.38. The molecule has 0 spiro atoms. The number of rotatable bonds is 9. The van der Waals surface area contributed by atoms with E-state index < -0.39 is 5.91 Å². The molecule has 2 heterocycles. The van der Waals surface area contributed by atoms with Crippen LogP contribution in [0.2, 0.25) is 0 Å². The van der Waals surface area contributed by atoms with Crippen LogP contribution in [0.15, 0.2) is 36.5 Å². The number of aromatic nitrogens is 1. The standard InChI is InChI=1S/C28H35N5O3/c1-2-25(34)20-8-10-26(31-16-20)33-11-3-4-18-12-21(14-24(18)33)32-28(36)19-7-9-22(27(29)35)23(13-19)30-15-17-5-6-17/h7-10,13,16-18,21,24,30H,2-6,11-12,14-15H2,1H3,(H2,29,35)(H,32,36). The summed E-state index contributed by atoms with van der Waals surface area (Å²) in [7, 11) is 0. The minimum absolute atomic E-state index is 0.0766. The largest absolute Gasteiger partial charge is 0.384 e. The molecule has 3 atom stereocenters. The normalized spacial score (nSPS) is 23.1. The fourth-order valence-electron chi connectivity index (χ4n) is 5.70. The topological polar surface area (TPSA) is 117 Å². The van der Waals surface area contributed by atoms with E-state index in [9.17, 15) is 14.4 Å². The molecule has 3 aliphatic rings. The molecule has 2 aromatic rings. The number of hydrogen-bond donors (Lipinski definition) is 3. The lowest BCUT2D eigenvalue weighted by Crippen LogP contribution is -2.43. The molecule has 3 fully saturated rings. The molecule has 0 bridgehead atoms. The van der Waals surface area contributed by atoms with Crippen LogP contribution in [0.4, 0.5) is 11.5 Å². The Hall–Kier alpha value is -3.42. The van der Waals surface area contributed by atoms with E-state index in [1.54, 1.807) is 24.4 Å². The summed E-state index contributed by atoms with van der Waals surface area (Å²) in [6.07, 6.45) is 8.56. The van der Waals surface area contributed by atoms with Crippen molar-refractivity contribution in [2.45, 2.75) is 64.0 Å². The lowest BCUT2D eigenvalue weighted by molar-refractivity contribution is 0.0934. The van der Waals surface area contributed by atoms with Gasteiger partial charge < -0.3 is 21.3 Å². The van der Waals surface area contributed by atoms with Gasteiger partial charge in [0.15, 0.2) is 5.78 Å². The van der Waals surface area contributed by atoms with Crippen molar-refractivity contribution in [3.8, 4) is 0 Å². The molecule has 2 amide bonds. The van der Waals surface area contributed by atoms with Gasteiger partial charge in [0.1, 0.15) is 5.82 Å². The molecule has 5 rings (SSSR count). The number of hydrogen-bond acceptors (Lipinski definition) is 6. The van der Waals surface area contributed by atoms with Crippen LogP contribution in [0.3, 0.4) is 0 Å². The fraction of sp³-hybridized carbons (Fsp3) is 0.500. The van der Waals surface area contributed by atoms with Gasteiger partial charge in [-0.05, 0) is 80.7 Å². The van der Waals surface area contributed by atoms with Crippen LogP contribution in [0.1, 0.15) is 82.9 Å². The number of anilines is 2. The quantitative estimate of drug-likeness (QED) is 0.462. The van der Waals surface area contributed by atoms with E-state index >= 15 is 0 Å². The predicted octanol–water partition coefficient (Wildman–Crippen LogP) is 3.77. The van der Waals surface area contributed by atoms with E-state index in [0.29, 0.717) is 46.7 Å². The van der Waals surface area contributed by atoms with Gasteiger partial charge in [0, 0.05) is 54.6 Å². The van der Waals surface area contributed by atoms with Crippen molar-refractivity contribution in [3.63, 3.8) is 0 Å². The number of primary amides is 1. The third-order valence-electron chi connectivity index (χ3n) is 7.88. The van der Waals surface area contributed by atoms with Crippen LogP contribution in [-0.2, 0) is 0 Å². The monoisotopic (exact) mass is 489 g/mol. The molecule has 0 radical (unpaired) electrons. The van der Waals surface area contributed by atoms with E-state index in [1.807, 2.05) is 19.1 Å². The first-order valence-electron chi connectivity index (χ1n) is 13.2. The van der Waals surface area contributed by atoms with Gasteiger partial charge in [-0.15, -0.1) is 0 Å². The maximum absolute atomic E-state index is 13.2. The molecule has 8 nitrogen and oxygen atoms in total. The van der Waals surface area contributed by atoms with Crippen LogP contribution in [0, 0.1) is 11.8 Å². The number of carbonyl (C=O) groups excluding carboxylic acids is 3. The number of nitrogens with one attached hydrogen (secondary N) is 2. The SMILES string of the molecule is CCC(=O)c1ccc(N2CCCC3CC(NC(=O)c4ccc(C(N)=O)c(NCC5CC5)c4)CC32)nc1. The summed E-state index contributed by atoms with van der Waals surface area (Å²) in [5.74, 6) is 1.50. The molecule has 36 heavy (non-hydrogen) atoms. The number of fused-ring (bicyclic) bond motifs is 1. The van der Waals surface area contributed by atoms with Crippen molar-refractivity contribution in [1.29, 1.82) is 0 Å². The molecule has 1 saturated heterocycles. The summed E-state index contributed by atoms with van der Waals surface area (Å²) in [5, 5.41) is 6.54. The van der Waals surface area contributed by atoms with E-state index in [0.717, 1.165) is 44.6 Å². The van der Waals surface area contributed by atoms with Gasteiger partial charge in [-0.3, -0.25) is 14.4 Å². The lowest BCUT2D eigenvalue weighted by atomic mass is 9.92. The van der Waals surface area contributed by atoms with E-state index in [-0.39, 0.29) is 17.7 Å². The minimum Gasteiger partial charge on any atom is -0.384 e. The third-order valence-corrected chi connectivity index (χ3v) is 7.88.